The first-order chi connectivity index (χ1) is 9.51. The summed E-state index contributed by atoms with van der Waals surface area (Å²) in [7, 11) is 0. The summed E-state index contributed by atoms with van der Waals surface area (Å²) >= 11 is 0. The number of hydrogen-bond acceptors (Lipinski definition) is 2. The summed E-state index contributed by atoms with van der Waals surface area (Å²) in [6.45, 7) is 6.48. The van der Waals surface area contributed by atoms with Crippen LogP contribution in [0.5, 0.6) is 0 Å². The van der Waals surface area contributed by atoms with Crippen molar-refractivity contribution < 1.29 is 9.59 Å². The number of nitrogens with one attached hydrogen (secondary N) is 1. The van der Waals surface area contributed by atoms with Gasteiger partial charge in [-0.15, -0.1) is 0 Å². The Balaban J connectivity index is 2.05. The molecule has 1 aliphatic rings. The molecule has 0 bridgehead atoms. The van der Waals surface area contributed by atoms with E-state index in [1.807, 2.05) is 45.0 Å². The molecule has 4 nitrogen and oxygen atoms in total. The largest absolute Gasteiger partial charge is 0.353 e. The summed E-state index contributed by atoms with van der Waals surface area (Å²) in [5.41, 5.74) is 2.00. The number of amides is 2. The molecule has 2 atom stereocenters. The highest BCUT2D eigenvalue weighted by atomic mass is 16.2. The van der Waals surface area contributed by atoms with E-state index in [4.69, 9.17) is 0 Å². The molecule has 2 amide bonds. The van der Waals surface area contributed by atoms with Crippen molar-refractivity contribution in [2.45, 2.75) is 39.7 Å². The van der Waals surface area contributed by atoms with E-state index >= 15 is 0 Å². The highest BCUT2D eigenvalue weighted by molar-refractivity contribution is 6.00. The zero-order chi connectivity index (χ0) is 14.7. The zero-order valence-electron chi connectivity index (χ0n) is 12.3. The Kier molecular flexibility index (Phi) is 4.42. The molecule has 1 aromatic rings. The van der Waals surface area contributed by atoms with E-state index in [0.717, 1.165) is 17.7 Å². The van der Waals surface area contributed by atoms with Crippen molar-refractivity contribution >= 4 is 17.5 Å². The average molecular weight is 274 g/mol. The van der Waals surface area contributed by atoms with Gasteiger partial charge < -0.3 is 10.2 Å². The first kappa shape index (κ1) is 14.6. The number of hydrogen-bond donors (Lipinski definition) is 1. The minimum absolute atomic E-state index is 0.0112. The van der Waals surface area contributed by atoms with Gasteiger partial charge in [-0.25, -0.2) is 0 Å². The molecule has 0 saturated carbocycles. The van der Waals surface area contributed by atoms with E-state index in [1.54, 1.807) is 4.90 Å². The van der Waals surface area contributed by atoms with Crippen LogP contribution in [0.1, 0.15) is 32.3 Å². The van der Waals surface area contributed by atoms with Crippen molar-refractivity contribution in [3.05, 3.63) is 29.8 Å². The Morgan fingerprint density at radius 1 is 1.50 bits per heavy atom. The molecule has 0 spiro atoms. The summed E-state index contributed by atoms with van der Waals surface area (Å²) in [5, 5.41) is 2.96. The lowest BCUT2D eigenvalue weighted by atomic mass is 10.1. The molecule has 4 heteroatoms. The van der Waals surface area contributed by atoms with Crippen LogP contribution in [0.2, 0.25) is 0 Å². The van der Waals surface area contributed by atoms with Gasteiger partial charge in [-0.3, -0.25) is 9.59 Å². The number of benzene rings is 1. The van der Waals surface area contributed by atoms with Gasteiger partial charge in [0.05, 0.1) is 5.92 Å². The lowest BCUT2D eigenvalue weighted by molar-refractivity contribution is -0.126. The monoisotopic (exact) mass is 274 g/mol. The predicted molar refractivity (Wildman–Crippen MR) is 79.5 cm³/mol. The Morgan fingerprint density at radius 2 is 2.25 bits per heavy atom. The van der Waals surface area contributed by atoms with Crippen molar-refractivity contribution in [1.82, 2.24) is 5.32 Å². The number of carbonyl (C=O) groups excluding carboxylic acids is 2. The van der Waals surface area contributed by atoms with Crippen LogP contribution in [0.3, 0.4) is 0 Å². The van der Waals surface area contributed by atoms with Crippen LogP contribution in [-0.2, 0) is 9.59 Å². The molecule has 1 aliphatic heterocycles. The summed E-state index contributed by atoms with van der Waals surface area (Å²) < 4.78 is 0. The normalized spacial score (nSPS) is 20.1. The smallest absolute Gasteiger partial charge is 0.227 e. The van der Waals surface area contributed by atoms with Gasteiger partial charge in [-0.1, -0.05) is 19.1 Å². The van der Waals surface area contributed by atoms with Crippen molar-refractivity contribution in [3.8, 4) is 0 Å². The maximum atomic E-state index is 12.1. The second kappa shape index (κ2) is 6.07. The molecule has 1 saturated heterocycles. The molecule has 0 unspecified atom stereocenters. The van der Waals surface area contributed by atoms with Crippen LogP contribution < -0.4 is 10.2 Å². The second-order valence-electron chi connectivity index (χ2n) is 5.56. The van der Waals surface area contributed by atoms with E-state index < -0.39 is 0 Å². The van der Waals surface area contributed by atoms with Gasteiger partial charge in [0.1, 0.15) is 0 Å². The van der Waals surface area contributed by atoms with E-state index in [9.17, 15) is 9.59 Å². The highest BCUT2D eigenvalue weighted by Gasteiger charge is 2.35. The number of aryl methyl sites for hydroxylation is 1. The first-order valence-electron chi connectivity index (χ1n) is 7.18. The molecule has 0 radical (unpaired) electrons. The van der Waals surface area contributed by atoms with Crippen LogP contribution in [0, 0.1) is 12.8 Å². The second-order valence-corrected chi connectivity index (χ2v) is 5.56. The molecule has 1 heterocycles. The summed E-state index contributed by atoms with van der Waals surface area (Å²) in [6, 6.07) is 7.99. The first-order valence-corrected chi connectivity index (χ1v) is 7.18. The minimum atomic E-state index is -0.239. The fraction of sp³-hybridized carbons (Fsp3) is 0.500. The molecule has 1 N–H and O–H groups in total. The van der Waals surface area contributed by atoms with Crippen LogP contribution >= 0.6 is 0 Å². The van der Waals surface area contributed by atoms with Gasteiger partial charge >= 0.3 is 0 Å². The summed E-state index contributed by atoms with van der Waals surface area (Å²) in [4.78, 5) is 25.9. The van der Waals surface area contributed by atoms with Gasteiger partial charge in [-0.2, -0.15) is 0 Å². The van der Waals surface area contributed by atoms with Crippen LogP contribution in [0.15, 0.2) is 24.3 Å². The van der Waals surface area contributed by atoms with Crippen molar-refractivity contribution in [2.24, 2.45) is 5.92 Å². The third-order valence-electron chi connectivity index (χ3n) is 3.81. The lowest BCUT2D eigenvalue weighted by Crippen LogP contribution is -2.38. The molecule has 2 rings (SSSR count). The Bertz CT molecular complexity index is 513. The zero-order valence-corrected chi connectivity index (χ0v) is 12.3. The molecule has 0 aromatic heterocycles. The van der Waals surface area contributed by atoms with Crippen molar-refractivity contribution in [2.75, 3.05) is 11.4 Å². The maximum Gasteiger partial charge on any atom is 0.227 e. The van der Waals surface area contributed by atoms with Crippen molar-refractivity contribution in [1.29, 1.82) is 0 Å². The number of rotatable bonds is 4. The Morgan fingerprint density at radius 3 is 2.90 bits per heavy atom. The molecule has 108 valence electrons. The maximum absolute atomic E-state index is 12.1. The molecule has 0 aliphatic carbocycles. The quantitative estimate of drug-likeness (QED) is 0.915. The van der Waals surface area contributed by atoms with Gasteiger partial charge in [0.2, 0.25) is 11.8 Å². The topological polar surface area (TPSA) is 49.4 Å². The molecule has 1 aromatic carbocycles. The van der Waals surface area contributed by atoms with Gasteiger partial charge in [0.15, 0.2) is 0 Å². The Labute approximate surface area is 120 Å². The minimum Gasteiger partial charge on any atom is -0.353 e. The van der Waals surface area contributed by atoms with Crippen molar-refractivity contribution in [3.63, 3.8) is 0 Å². The molecule has 20 heavy (non-hydrogen) atoms. The van der Waals surface area contributed by atoms with Gasteiger partial charge in [0.25, 0.3) is 0 Å². The Hall–Kier alpha value is -1.84. The van der Waals surface area contributed by atoms with Gasteiger partial charge in [0, 0.05) is 24.7 Å². The van der Waals surface area contributed by atoms with E-state index in [2.05, 4.69) is 5.32 Å². The van der Waals surface area contributed by atoms with Gasteiger partial charge in [-0.05, 0) is 38.0 Å². The fourth-order valence-corrected chi connectivity index (χ4v) is 2.39. The molecule has 1 fully saturated rings. The average Bonchev–Trinajstić information content (AvgIpc) is 2.80. The van der Waals surface area contributed by atoms with E-state index in [1.165, 1.54) is 0 Å². The fourth-order valence-electron chi connectivity index (χ4n) is 2.39. The predicted octanol–water partition coefficient (Wildman–Crippen LogP) is 2.26. The van der Waals surface area contributed by atoms with Crippen LogP contribution in [0.25, 0.3) is 0 Å². The van der Waals surface area contributed by atoms with E-state index in [-0.39, 0.29) is 23.8 Å². The summed E-state index contributed by atoms with van der Waals surface area (Å²) in [5.74, 6) is -0.222. The SMILES string of the molecule is CC[C@H](C)NC(=O)[C@@H]1CC(=O)N(c2cccc(C)c2)C1. The molecular weight excluding hydrogens is 252 g/mol. The van der Waals surface area contributed by atoms with Crippen LogP contribution in [-0.4, -0.2) is 24.4 Å². The third kappa shape index (κ3) is 3.18. The number of carbonyl (C=O) groups is 2. The summed E-state index contributed by atoms with van der Waals surface area (Å²) in [6.07, 6.45) is 1.20. The molecular formula is C16H22N2O2. The van der Waals surface area contributed by atoms with E-state index in [0.29, 0.717) is 13.0 Å². The standard InChI is InChI=1S/C16H22N2O2/c1-4-12(3)17-16(20)13-9-15(19)18(10-13)14-7-5-6-11(2)8-14/h5-8,12-13H,4,9-10H2,1-3H3,(H,17,20)/t12-,13+/m0/s1. The van der Waals surface area contributed by atoms with Crippen LogP contribution in [0.4, 0.5) is 5.69 Å². The lowest BCUT2D eigenvalue weighted by Gasteiger charge is -2.18. The third-order valence-corrected chi connectivity index (χ3v) is 3.81. The number of anilines is 1. The number of nitrogens with zero attached hydrogens (tertiary/aromatic N) is 1. The highest BCUT2D eigenvalue weighted by Crippen LogP contribution is 2.25.